The van der Waals surface area contributed by atoms with Gasteiger partial charge in [-0.2, -0.15) is 0 Å². The van der Waals surface area contributed by atoms with E-state index in [4.69, 9.17) is 0 Å². The molecule has 3 heterocycles. The minimum Gasteiger partial charge on any atom is -0.503 e. The zero-order valence-electron chi connectivity index (χ0n) is 15.6. The Hall–Kier alpha value is -3.02. The van der Waals surface area contributed by atoms with Gasteiger partial charge in [-0.25, -0.2) is 4.98 Å². The summed E-state index contributed by atoms with van der Waals surface area (Å²) in [5.41, 5.74) is 2.90. The fourth-order valence-electron chi connectivity index (χ4n) is 3.94. The van der Waals surface area contributed by atoms with Gasteiger partial charge in [0.25, 0.3) is 5.91 Å². The molecule has 6 nitrogen and oxygen atoms in total. The number of H-pyrrole nitrogens is 1. The van der Waals surface area contributed by atoms with Gasteiger partial charge in [-0.3, -0.25) is 4.79 Å². The Kier molecular flexibility index (Phi) is 4.48. The van der Waals surface area contributed by atoms with Crippen LogP contribution in [0.2, 0.25) is 0 Å². The van der Waals surface area contributed by atoms with Crippen LogP contribution < -0.4 is 0 Å². The highest BCUT2D eigenvalue weighted by molar-refractivity contribution is 5.96. The molecule has 1 unspecified atom stereocenters. The number of hydrogen-bond donors (Lipinski definition) is 2. The molecule has 0 saturated heterocycles. The summed E-state index contributed by atoms with van der Waals surface area (Å²) in [5.74, 6) is -0.283. The Labute approximate surface area is 158 Å². The van der Waals surface area contributed by atoms with Crippen molar-refractivity contribution in [3.05, 3.63) is 66.1 Å². The largest absolute Gasteiger partial charge is 0.503 e. The van der Waals surface area contributed by atoms with Gasteiger partial charge in [-0.15, -0.1) is 0 Å². The molecule has 6 heteroatoms. The molecule has 0 bridgehead atoms. The highest BCUT2D eigenvalue weighted by atomic mass is 16.3. The molecule has 1 atom stereocenters. The number of amides is 1. The molecular weight excluding hydrogens is 340 g/mol. The van der Waals surface area contributed by atoms with Crippen molar-refractivity contribution in [2.45, 2.75) is 32.9 Å². The maximum atomic E-state index is 12.8. The van der Waals surface area contributed by atoms with Crippen LogP contribution in [0.3, 0.4) is 0 Å². The first-order valence-electron chi connectivity index (χ1n) is 9.33. The van der Waals surface area contributed by atoms with Crippen molar-refractivity contribution in [3.8, 4) is 0 Å². The average Bonchev–Trinajstić information content (AvgIpc) is 3.37. The van der Waals surface area contributed by atoms with E-state index in [2.05, 4.69) is 16.0 Å². The predicted molar refractivity (Wildman–Crippen MR) is 104 cm³/mol. The first-order chi connectivity index (χ1) is 13.1. The predicted octanol–water partition coefficient (Wildman–Crippen LogP) is 3.81. The molecule has 1 aromatic carbocycles. The summed E-state index contributed by atoms with van der Waals surface area (Å²) in [4.78, 5) is 21.9. The quantitative estimate of drug-likeness (QED) is 0.698. The third-order valence-corrected chi connectivity index (χ3v) is 5.23. The molecule has 0 spiro atoms. The second-order valence-corrected chi connectivity index (χ2v) is 7.34. The van der Waals surface area contributed by atoms with E-state index in [-0.39, 0.29) is 23.6 Å². The van der Waals surface area contributed by atoms with Gasteiger partial charge >= 0.3 is 0 Å². The Balaban J connectivity index is 1.64. The van der Waals surface area contributed by atoms with Gasteiger partial charge in [0.2, 0.25) is 0 Å². The number of nitrogens with zero attached hydrogens (tertiary/aromatic N) is 3. The van der Waals surface area contributed by atoms with Gasteiger partial charge in [0, 0.05) is 42.8 Å². The fourth-order valence-corrected chi connectivity index (χ4v) is 3.94. The van der Waals surface area contributed by atoms with E-state index in [1.54, 1.807) is 17.4 Å². The van der Waals surface area contributed by atoms with Gasteiger partial charge in [0.15, 0.2) is 5.76 Å². The molecule has 0 saturated carbocycles. The molecule has 0 aliphatic carbocycles. The SMILES string of the molecule is CC(C)C1=C(O)C(=O)N(CCCn2ccnc2)C1c1ccc2[nH]ccc2c1. The van der Waals surface area contributed by atoms with Crippen molar-refractivity contribution in [3.63, 3.8) is 0 Å². The lowest BCUT2D eigenvalue weighted by molar-refractivity contribution is -0.129. The molecule has 0 fully saturated rings. The van der Waals surface area contributed by atoms with Crippen LogP contribution in [0.1, 0.15) is 31.9 Å². The highest BCUT2D eigenvalue weighted by Crippen LogP contribution is 2.41. The lowest BCUT2D eigenvalue weighted by Gasteiger charge is -2.28. The van der Waals surface area contributed by atoms with Crippen LogP contribution in [0.4, 0.5) is 0 Å². The summed E-state index contributed by atoms with van der Waals surface area (Å²) in [7, 11) is 0. The number of nitrogens with one attached hydrogen (secondary N) is 1. The standard InChI is InChI=1S/C21H24N4O2/c1-14(2)18-19(16-4-5-17-15(12-16)6-7-23-17)25(21(27)20(18)26)10-3-9-24-11-8-22-13-24/h4-8,11-14,19,23,26H,3,9-10H2,1-2H3. The lowest BCUT2D eigenvalue weighted by atomic mass is 9.91. The summed E-state index contributed by atoms with van der Waals surface area (Å²) in [6, 6.07) is 7.98. The third kappa shape index (κ3) is 3.12. The highest BCUT2D eigenvalue weighted by Gasteiger charge is 2.41. The maximum Gasteiger partial charge on any atom is 0.289 e. The summed E-state index contributed by atoms with van der Waals surface area (Å²) >= 11 is 0. The first-order valence-corrected chi connectivity index (χ1v) is 9.33. The number of rotatable bonds is 6. The number of benzene rings is 1. The summed E-state index contributed by atoms with van der Waals surface area (Å²) in [5, 5.41) is 11.7. The van der Waals surface area contributed by atoms with Crippen molar-refractivity contribution in [2.75, 3.05) is 6.54 Å². The van der Waals surface area contributed by atoms with Crippen molar-refractivity contribution < 1.29 is 9.90 Å². The van der Waals surface area contributed by atoms with Crippen LogP contribution in [-0.4, -0.2) is 37.0 Å². The molecule has 3 aromatic rings. The molecule has 1 aliphatic rings. The minimum absolute atomic E-state index is 0.0829. The summed E-state index contributed by atoms with van der Waals surface area (Å²) in [6.07, 6.45) is 8.15. The first kappa shape index (κ1) is 17.4. The number of carbonyl (C=O) groups excluding carboxylic acids is 1. The number of imidazole rings is 1. The van der Waals surface area contributed by atoms with Crippen molar-refractivity contribution in [1.29, 1.82) is 0 Å². The molecule has 140 valence electrons. The van der Waals surface area contributed by atoms with Crippen LogP contribution in [0.5, 0.6) is 0 Å². The van der Waals surface area contributed by atoms with E-state index in [0.29, 0.717) is 6.54 Å². The van der Waals surface area contributed by atoms with E-state index >= 15 is 0 Å². The van der Waals surface area contributed by atoms with Crippen LogP contribution in [0.15, 0.2) is 60.5 Å². The van der Waals surface area contributed by atoms with Gasteiger partial charge in [-0.1, -0.05) is 19.9 Å². The van der Waals surface area contributed by atoms with E-state index in [1.807, 2.05) is 49.0 Å². The van der Waals surface area contributed by atoms with Crippen LogP contribution in [0, 0.1) is 5.92 Å². The zero-order chi connectivity index (χ0) is 19.0. The number of aryl methyl sites for hydroxylation is 1. The smallest absolute Gasteiger partial charge is 0.289 e. The van der Waals surface area contributed by atoms with Crippen molar-refractivity contribution in [1.82, 2.24) is 19.4 Å². The second kappa shape index (κ2) is 6.95. The average molecular weight is 364 g/mol. The topological polar surface area (TPSA) is 74.2 Å². The van der Waals surface area contributed by atoms with Crippen molar-refractivity contribution >= 4 is 16.8 Å². The van der Waals surface area contributed by atoms with E-state index in [1.165, 1.54) is 0 Å². The van der Waals surface area contributed by atoms with Crippen LogP contribution in [0.25, 0.3) is 10.9 Å². The Morgan fingerprint density at radius 1 is 1.26 bits per heavy atom. The number of aromatic amines is 1. The van der Waals surface area contributed by atoms with Gasteiger partial charge in [-0.05, 0) is 41.5 Å². The lowest BCUT2D eigenvalue weighted by Crippen LogP contribution is -2.32. The molecule has 1 aliphatic heterocycles. The zero-order valence-corrected chi connectivity index (χ0v) is 15.6. The maximum absolute atomic E-state index is 12.8. The molecule has 27 heavy (non-hydrogen) atoms. The van der Waals surface area contributed by atoms with Crippen LogP contribution >= 0.6 is 0 Å². The molecule has 2 aromatic heterocycles. The number of carbonyl (C=O) groups is 1. The normalized spacial score (nSPS) is 17.7. The van der Waals surface area contributed by atoms with Crippen LogP contribution in [-0.2, 0) is 11.3 Å². The second-order valence-electron chi connectivity index (χ2n) is 7.34. The summed E-state index contributed by atoms with van der Waals surface area (Å²) in [6.45, 7) is 5.41. The molecule has 1 amide bonds. The Morgan fingerprint density at radius 3 is 2.85 bits per heavy atom. The molecule has 4 rings (SSSR count). The molecule has 2 N–H and O–H groups in total. The van der Waals surface area contributed by atoms with Gasteiger partial charge in [0.05, 0.1) is 12.4 Å². The van der Waals surface area contributed by atoms with Gasteiger partial charge in [0.1, 0.15) is 0 Å². The van der Waals surface area contributed by atoms with Gasteiger partial charge < -0.3 is 19.6 Å². The third-order valence-electron chi connectivity index (χ3n) is 5.23. The van der Waals surface area contributed by atoms with E-state index < -0.39 is 0 Å². The number of aromatic nitrogens is 3. The monoisotopic (exact) mass is 364 g/mol. The van der Waals surface area contributed by atoms with E-state index in [0.717, 1.165) is 35.0 Å². The Morgan fingerprint density at radius 2 is 2.11 bits per heavy atom. The summed E-state index contributed by atoms with van der Waals surface area (Å²) < 4.78 is 2.00. The number of fused-ring (bicyclic) bond motifs is 1. The molecule has 0 radical (unpaired) electrons. The van der Waals surface area contributed by atoms with Crippen molar-refractivity contribution in [2.24, 2.45) is 5.92 Å². The minimum atomic E-state index is -0.275. The number of aliphatic hydroxyl groups is 1. The number of hydrogen-bond acceptors (Lipinski definition) is 3. The Bertz CT molecular complexity index is 985. The number of aliphatic hydroxyl groups excluding tert-OH is 1. The van der Waals surface area contributed by atoms with E-state index in [9.17, 15) is 9.90 Å². The molecular formula is C21H24N4O2. The fraction of sp³-hybridized carbons (Fsp3) is 0.333.